The Balaban J connectivity index is 0.000000278. The molecule has 11 heteroatoms. The Hall–Kier alpha value is -3.22. The molecule has 0 amide bonds. The fourth-order valence-corrected chi connectivity index (χ4v) is 4.31. The molecule has 2 saturated heterocycles. The molecule has 0 aliphatic carbocycles. The smallest absolute Gasteiger partial charge is 0.417 e. The summed E-state index contributed by atoms with van der Waals surface area (Å²) in [5.41, 5.74) is 1.27. The third kappa shape index (κ3) is 6.61. The van der Waals surface area contributed by atoms with E-state index in [9.17, 15) is 18.3 Å². The van der Waals surface area contributed by atoms with E-state index in [0.717, 1.165) is 11.6 Å². The van der Waals surface area contributed by atoms with E-state index in [0.29, 0.717) is 16.6 Å². The Labute approximate surface area is 216 Å². The van der Waals surface area contributed by atoms with Crippen molar-refractivity contribution in [2.45, 2.75) is 50.0 Å². The number of benzene rings is 2. The van der Waals surface area contributed by atoms with Crippen LogP contribution in [0.4, 0.5) is 13.2 Å². The number of aliphatic hydroxyl groups excluding tert-OH is 4. The Morgan fingerprint density at radius 1 is 1.11 bits per heavy atom. The molecule has 38 heavy (non-hydrogen) atoms. The summed E-state index contributed by atoms with van der Waals surface area (Å²) >= 11 is 0. The summed E-state index contributed by atoms with van der Waals surface area (Å²) < 4.78 is 50.6. The van der Waals surface area contributed by atoms with Gasteiger partial charge in [-0.2, -0.15) is 13.2 Å². The van der Waals surface area contributed by atoms with E-state index in [4.69, 9.17) is 24.8 Å². The molecular weight excluding hydrogens is 505 g/mol. The molecule has 5 atom stereocenters. The van der Waals surface area contributed by atoms with Crippen molar-refractivity contribution in [3.8, 4) is 11.1 Å². The number of fused-ring (bicyclic) bond motifs is 2. The number of imidazole rings is 1. The van der Waals surface area contributed by atoms with Crippen LogP contribution in [-0.2, 0) is 22.1 Å². The highest BCUT2D eigenvalue weighted by Crippen LogP contribution is 2.39. The van der Waals surface area contributed by atoms with Crippen molar-refractivity contribution < 1.29 is 43.1 Å². The predicted octanol–water partition coefficient (Wildman–Crippen LogP) is 3.68. The Bertz CT molecular complexity index is 1270. The first kappa shape index (κ1) is 27.8. The minimum absolute atomic E-state index is 0.0540. The van der Waals surface area contributed by atoms with Crippen molar-refractivity contribution in [1.29, 1.82) is 0 Å². The molecule has 0 bridgehead atoms. The Kier molecular flexibility index (Phi) is 8.54. The topological polar surface area (TPSA) is 128 Å². The molecule has 2 fully saturated rings. The molecule has 8 nitrogen and oxygen atoms in total. The van der Waals surface area contributed by atoms with E-state index in [1.807, 2.05) is 0 Å². The lowest BCUT2D eigenvalue weighted by atomic mass is 9.97. The minimum atomic E-state index is -4.50. The van der Waals surface area contributed by atoms with Crippen molar-refractivity contribution in [2.75, 3.05) is 13.2 Å². The molecule has 1 aromatic heterocycles. The summed E-state index contributed by atoms with van der Waals surface area (Å²) in [6, 6.07) is 9.02. The van der Waals surface area contributed by atoms with E-state index in [1.54, 1.807) is 37.3 Å². The molecule has 3 aromatic rings. The van der Waals surface area contributed by atoms with Crippen molar-refractivity contribution in [3.05, 3.63) is 77.8 Å². The molecule has 2 aliphatic rings. The number of nitrogens with zero attached hydrogens (tertiary/aromatic N) is 1. The SMILES string of the molecule is CC(O)/C=C\C=C(\O)Cc1ccc(-c2cc3nc[nH]c3cc2C(F)(F)F)cc1.OC1COC2C(O)COC12. The average Bonchev–Trinajstić information content (AvgIpc) is 3.57. The van der Waals surface area contributed by atoms with Gasteiger partial charge >= 0.3 is 6.18 Å². The summed E-state index contributed by atoms with van der Waals surface area (Å²) in [6.45, 7) is 2.16. The third-order valence-electron chi connectivity index (χ3n) is 6.19. The van der Waals surface area contributed by atoms with E-state index >= 15 is 0 Å². The molecule has 5 rings (SSSR count). The molecule has 0 saturated carbocycles. The molecular formula is C27H29F3N2O6. The number of alkyl halides is 3. The number of aromatic nitrogens is 2. The maximum atomic E-state index is 13.5. The summed E-state index contributed by atoms with van der Waals surface area (Å²) in [5.74, 6) is 0.0820. The predicted molar refractivity (Wildman–Crippen MR) is 133 cm³/mol. The van der Waals surface area contributed by atoms with Gasteiger partial charge in [0.1, 0.15) is 24.4 Å². The van der Waals surface area contributed by atoms with Gasteiger partial charge in [-0.3, -0.25) is 0 Å². The van der Waals surface area contributed by atoms with Crippen LogP contribution in [0.5, 0.6) is 0 Å². The second-order valence-electron chi connectivity index (χ2n) is 9.20. The first-order valence-corrected chi connectivity index (χ1v) is 12.0. The Morgan fingerprint density at radius 3 is 2.32 bits per heavy atom. The zero-order valence-electron chi connectivity index (χ0n) is 20.5. The lowest BCUT2D eigenvalue weighted by Crippen LogP contribution is -2.30. The maximum Gasteiger partial charge on any atom is 0.417 e. The van der Waals surface area contributed by atoms with Crippen LogP contribution in [0.25, 0.3) is 22.2 Å². The first-order valence-electron chi connectivity index (χ1n) is 12.0. The maximum absolute atomic E-state index is 13.5. The van der Waals surface area contributed by atoms with Gasteiger partial charge in [0.25, 0.3) is 0 Å². The number of ether oxygens (including phenoxy) is 2. The second kappa shape index (κ2) is 11.7. The summed E-state index contributed by atoms with van der Waals surface area (Å²) in [5, 5.41) is 37.4. The van der Waals surface area contributed by atoms with Crippen LogP contribution >= 0.6 is 0 Å². The highest BCUT2D eigenvalue weighted by molar-refractivity contribution is 5.84. The van der Waals surface area contributed by atoms with E-state index in [1.165, 1.54) is 24.5 Å². The van der Waals surface area contributed by atoms with Gasteiger partial charge < -0.3 is 34.9 Å². The highest BCUT2D eigenvalue weighted by atomic mass is 19.4. The van der Waals surface area contributed by atoms with Crippen molar-refractivity contribution in [3.63, 3.8) is 0 Å². The molecule has 2 aromatic carbocycles. The first-order chi connectivity index (χ1) is 18.0. The van der Waals surface area contributed by atoms with Crippen LogP contribution in [0.15, 0.2) is 66.7 Å². The van der Waals surface area contributed by atoms with Gasteiger partial charge in [0, 0.05) is 6.42 Å². The van der Waals surface area contributed by atoms with Crippen LogP contribution in [0, 0.1) is 0 Å². The molecule has 5 unspecified atom stereocenters. The normalized spacial score (nSPS) is 24.4. The largest absolute Gasteiger partial charge is 0.512 e. The average molecular weight is 535 g/mol. The van der Waals surface area contributed by atoms with Crippen molar-refractivity contribution in [2.24, 2.45) is 0 Å². The molecule has 204 valence electrons. The van der Waals surface area contributed by atoms with Gasteiger partial charge in [0.2, 0.25) is 0 Å². The second-order valence-corrected chi connectivity index (χ2v) is 9.20. The van der Waals surface area contributed by atoms with Crippen LogP contribution < -0.4 is 0 Å². The highest BCUT2D eigenvalue weighted by Gasteiger charge is 2.46. The number of allylic oxidation sites excluding steroid dienone is 3. The zero-order chi connectivity index (χ0) is 27.4. The van der Waals surface area contributed by atoms with Crippen LogP contribution in [-0.4, -0.2) is 74.1 Å². The fourth-order valence-electron chi connectivity index (χ4n) is 4.31. The number of aliphatic hydroxyl groups is 4. The number of rotatable bonds is 5. The molecule has 3 heterocycles. The molecule has 2 aliphatic heterocycles. The number of H-pyrrole nitrogens is 1. The summed E-state index contributed by atoms with van der Waals surface area (Å²) in [4.78, 5) is 6.74. The summed E-state index contributed by atoms with van der Waals surface area (Å²) in [7, 11) is 0. The summed E-state index contributed by atoms with van der Waals surface area (Å²) in [6.07, 6.45) is -0.689. The zero-order valence-corrected chi connectivity index (χ0v) is 20.5. The van der Waals surface area contributed by atoms with E-state index in [-0.39, 0.29) is 43.2 Å². The number of halogens is 3. The molecule has 0 radical (unpaired) electrons. The van der Waals surface area contributed by atoms with Gasteiger partial charge in [0.05, 0.1) is 48.0 Å². The lowest BCUT2D eigenvalue weighted by molar-refractivity contribution is -0.137. The van der Waals surface area contributed by atoms with Crippen LogP contribution in [0.1, 0.15) is 18.1 Å². The van der Waals surface area contributed by atoms with Crippen molar-refractivity contribution in [1.82, 2.24) is 9.97 Å². The van der Waals surface area contributed by atoms with Gasteiger partial charge in [-0.15, -0.1) is 0 Å². The van der Waals surface area contributed by atoms with Crippen LogP contribution in [0.2, 0.25) is 0 Å². The monoisotopic (exact) mass is 534 g/mol. The van der Waals surface area contributed by atoms with Crippen molar-refractivity contribution >= 4 is 11.0 Å². The minimum Gasteiger partial charge on any atom is -0.512 e. The van der Waals surface area contributed by atoms with Gasteiger partial charge in [-0.25, -0.2) is 4.98 Å². The molecule has 0 spiro atoms. The van der Waals surface area contributed by atoms with Crippen LogP contribution in [0.3, 0.4) is 0 Å². The standard InChI is InChI=1S/C21H19F3N2O2.C6H10O4/c1-13(27)3-2-4-16(28)9-14-5-7-15(8-6-14)17-10-19-20(26-12-25-19)11-18(17)21(22,23)24;7-3-1-9-6-4(8)2-10-5(3)6/h2-8,10-13,27-28H,9H2,1H3,(H,25,26);3-8H,1-2H2/b3-2-,16-4+;. The van der Waals surface area contributed by atoms with Gasteiger partial charge in [0.15, 0.2) is 0 Å². The number of hydrogen-bond acceptors (Lipinski definition) is 7. The molecule has 5 N–H and O–H groups in total. The van der Waals surface area contributed by atoms with E-state index < -0.39 is 30.1 Å². The number of hydrogen-bond donors (Lipinski definition) is 5. The lowest BCUT2D eigenvalue weighted by Gasteiger charge is -2.13. The number of nitrogens with one attached hydrogen (secondary N) is 1. The van der Waals surface area contributed by atoms with Gasteiger partial charge in [-0.1, -0.05) is 36.4 Å². The van der Waals surface area contributed by atoms with E-state index in [2.05, 4.69) is 9.97 Å². The van der Waals surface area contributed by atoms with Gasteiger partial charge in [-0.05, 0) is 41.8 Å². The third-order valence-corrected chi connectivity index (χ3v) is 6.19. The number of aromatic amines is 1. The quantitative estimate of drug-likeness (QED) is 0.250. The fraction of sp³-hybridized carbons (Fsp3) is 0.370. The Morgan fingerprint density at radius 2 is 1.74 bits per heavy atom.